The second-order valence-electron chi connectivity index (χ2n) is 7.03. The molecule has 3 rings (SSSR count). The van der Waals surface area contributed by atoms with Crippen LogP contribution in [0, 0.1) is 0 Å². The van der Waals surface area contributed by atoms with Crippen LogP contribution in [0.25, 0.3) is 0 Å². The number of benzene rings is 2. The van der Waals surface area contributed by atoms with Gasteiger partial charge in [-0.3, -0.25) is 9.10 Å². The molecule has 1 fully saturated rings. The van der Waals surface area contributed by atoms with Gasteiger partial charge < -0.3 is 14.5 Å². The lowest BCUT2D eigenvalue weighted by molar-refractivity contribution is -0.129. The maximum absolute atomic E-state index is 12.9. The zero-order valence-electron chi connectivity index (χ0n) is 17.0. The van der Waals surface area contributed by atoms with E-state index in [1.54, 1.807) is 12.0 Å². The second-order valence-corrected chi connectivity index (χ2v) is 10.2. The van der Waals surface area contributed by atoms with Crippen LogP contribution < -0.4 is 13.9 Å². The number of amides is 1. The van der Waals surface area contributed by atoms with Crippen molar-refractivity contribution in [3.63, 3.8) is 0 Å². The number of sulfonamides is 1. The Morgan fingerprint density at radius 1 is 1.03 bits per heavy atom. The Bertz CT molecular complexity index is 1070. The van der Waals surface area contributed by atoms with Gasteiger partial charge in [0.1, 0.15) is 12.3 Å². The summed E-state index contributed by atoms with van der Waals surface area (Å²) >= 11 is 18.2. The first-order valence-corrected chi connectivity index (χ1v) is 12.4. The fraction of sp³-hybridized carbons (Fsp3) is 0.350. The van der Waals surface area contributed by atoms with Gasteiger partial charge in [0.05, 0.1) is 39.8 Å². The molecule has 1 amide bonds. The molecule has 0 N–H and O–H groups in total. The van der Waals surface area contributed by atoms with E-state index in [4.69, 9.17) is 39.5 Å². The number of hydrogen-bond acceptors (Lipinski definition) is 5. The van der Waals surface area contributed by atoms with Crippen LogP contribution in [0.5, 0.6) is 5.75 Å². The highest BCUT2D eigenvalue weighted by molar-refractivity contribution is 7.92. The number of para-hydroxylation sites is 2. The Hall–Kier alpha value is -1.87. The largest absolute Gasteiger partial charge is 0.495 e. The van der Waals surface area contributed by atoms with E-state index in [0.717, 1.165) is 22.0 Å². The van der Waals surface area contributed by atoms with Crippen molar-refractivity contribution in [2.75, 3.05) is 55.3 Å². The van der Waals surface area contributed by atoms with Crippen molar-refractivity contribution in [3.8, 4) is 5.75 Å². The van der Waals surface area contributed by atoms with E-state index >= 15 is 0 Å². The molecule has 0 atom stereocenters. The van der Waals surface area contributed by atoms with E-state index < -0.39 is 10.0 Å². The molecule has 7 nitrogen and oxygen atoms in total. The lowest BCUT2D eigenvalue weighted by Crippen LogP contribution is -2.52. The van der Waals surface area contributed by atoms with Gasteiger partial charge in [0.25, 0.3) is 0 Å². The molecule has 0 aromatic heterocycles. The summed E-state index contributed by atoms with van der Waals surface area (Å²) in [6.45, 7) is 1.70. The van der Waals surface area contributed by atoms with Crippen molar-refractivity contribution in [1.29, 1.82) is 0 Å². The molecule has 2 aromatic carbocycles. The predicted molar refractivity (Wildman–Crippen MR) is 125 cm³/mol. The van der Waals surface area contributed by atoms with Gasteiger partial charge in [-0.15, -0.1) is 0 Å². The fourth-order valence-corrected chi connectivity index (χ4v) is 4.94. The summed E-state index contributed by atoms with van der Waals surface area (Å²) in [5.74, 6) is 0.437. The Labute approximate surface area is 197 Å². The first kappa shape index (κ1) is 23.8. The molecule has 0 spiro atoms. The summed E-state index contributed by atoms with van der Waals surface area (Å²) in [6, 6.07) is 10.4. The molecular weight excluding hydrogens is 485 g/mol. The van der Waals surface area contributed by atoms with Gasteiger partial charge in [-0.05, 0) is 24.3 Å². The average molecular weight is 507 g/mol. The maximum atomic E-state index is 12.9. The minimum absolute atomic E-state index is 0.0913. The molecule has 0 radical (unpaired) electrons. The Balaban J connectivity index is 1.73. The van der Waals surface area contributed by atoms with Crippen LogP contribution >= 0.6 is 34.8 Å². The third kappa shape index (κ3) is 5.49. The van der Waals surface area contributed by atoms with Gasteiger partial charge in [-0.1, -0.05) is 46.9 Å². The number of hydrogen-bond donors (Lipinski definition) is 0. The summed E-state index contributed by atoms with van der Waals surface area (Å²) < 4.78 is 31.2. The standard InChI is InChI=1S/C20H22Cl3N3O4S/c1-30-19-6-4-3-5-17(19)24-7-9-25(10-8-24)20(27)13-26(31(2,28)29)18-12-15(22)14(21)11-16(18)23/h3-6,11-12H,7-10,13H2,1-2H3. The Kier molecular flexibility index (Phi) is 7.47. The molecule has 168 valence electrons. The number of anilines is 2. The van der Waals surface area contributed by atoms with E-state index in [0.29, 0.717) is 26.2 Å². The van der Waals surface area contributed by atoms with Crippen LogP contribution in [0.2, 0.25) is 15.1 Å². The number of ether oxygens (including phenoxy) is 1. The minimum Gasteiger partial charge on any atom is -0.495 e. The third-order valence-corrected chi connectivity index (χ3v) is 7.15. The molecule has 0 saturated carbocycles. The molecule has 1 aliphatic heterocycles. The fourth-order valence-electron chi connectivity index (χ4n) is 3.39. The molecule has 1 aliphatic rings. The number of methoxy groups -OCH3 is 1. The molecule has 11 heteroatoms. The van der Waals surface area contributed by atoms with E-state index in [2.05, 4.69) is 4.90 Å². The van der Waals surface area contributed by atoms with Crippen molar-refractivity contribution in [2.24, 2.45) is 0 Å². The topological polar surface area (TPSA) is 70.2 Å². The van der Waals surface area contributed by atoms with Crippen molar-refractivity contribution >= 4 is 62.1 Å². The zero-order valence-corrected chi connectivity index (χ0v) is 20.1. The highest BCUT2D eigenvalue weighted by Gasteiger charge is 2.28. The molecule has 0 aliphatic carbocycles. The third-order valence-electron chi connectivity index (χ3n) is 5.00. The molecular formula is C20H22Cl3N3O4S. The summed E-state index contributed by atoms with van der Waals surface area (Å²) in [5.41, 5.74) is 1.07. The van der Waals surface area contributed by atoms with E-state index in [-0.39, 0.29) is 33.2 Å². The monoisotopic (exact) mass is 505 g/mol. The molecule has 2 aromatic rings. The van der Waals surface area contributed by atoms with Gasteiger partial charge in [0.15, 0.2) is 0 Å². The number of rotatable bonds is 6. The summed E-state index contributed by atoms with van der Waals surface area (Å²) in [4.78, 5) is 16.7. The van der Waals surface area contributed by atoms with Crippen molar-refractivity contribution in [2.45, 2.75) is 0 Å². The van der Waals surface area contributed by atoms with Crippen LogP contribution in [0.1, 0.15) is 0 Å². The molecule has 1 heterocycles. The lowest BCUT2D eigenvalue weighted by atomic mass is 10.2. The van der Waals surface area contributed by atoms with Gasteiger partial charge >= 0.3 is 0 Å². The van der Waals surface area contributed by atoms with Crippen molar-refractivity contribution < 1.29 is 17.9 Å². The second kappa shape index (κ2) is 9.73. The lowest BCUT2D eigenvalue weighted by Gasteiger charge is -2.37. The van der Waals surface area contributed by atoms with E-state index in [1.807, 2.05) is 24.3 Å². The van der Waals surface area contributed by atoms with E-state index in [1.165, 1.54) is 12.1 Å². The van der Waals surface area contributed by atoms with E-state index in [9.17, 15) is 13.2 Å². The maximum Gasteiger partial charge on any atom is 0.243 e. The van der Waals surface area contributed by atoms with Crippen LogP contribution in [0.15, 0.2) is 36.4 Å². The number of carbonyl (C=O) groups excluding carboxylic acids is 1. The minimum atomic E-state index is -3.79. The Morgan fingerprint density at radius 3 is 2.26 bits per heavy atom. The highest BCUT2D eigenvalue weighted by Crippen LogP contribution is 2.35. The van der Waals surface area contributed by atoms with Crippen molar-refractivity contribution in [1.82, 2.24) is 4.90 Å². The number of nitrogens with zero attached hydrogens (tertiary/aromatic N) is 3. The first-order chi connectivity index (χ1) is 14.6. The average Bonchev–Trinajstić information content (AvgIpc) is 2.74. The summed E-state index contributed by atoms with van der Waals surface area (Å²) in [5, 5.41) is 0.434. The SMILES string of the molecule is COc1ccccc1N1CCN(C(=O)CN(c2cc(Cl)c(Cl)cc2Cl)S(C)(=O)=O)CC1. The molecule has 1 saturated heterocycles. The number of halogens is 3. The van der Waals surface area contributed by atoms with Gasteiger partial charge in [0, 0.05) is 26.2 Å². The van der Waals surface area contributed by atoms with Crippen LogP contribution in [-0.2, 0) is 14.8 Å². The Morgan fingerprint density at radius 2 is 1.65 bits per heavy atom. The quantitative estimate of drug-likeness (QED) is 0.558. The van der Waals surface area contributed by atoms with Crippen molar-refractivity contribution in [3.05, 3.63) is 51.5 Å². The van der Waals surface area contributed by atoms with Crippen LogP contribution in [-0.4, -0.2) is 65.3 Å². The summed E-state index contributed by atoms with van der Waals surface area (Å²) in [6.07, 6.45) is 1.01. The summed E-state index contributed by atoms with van der Waals surface area (Å²) in [7, 11) is -2.18. The number of carbonyl (C=O) groups is 1. The van der Waals surface area contributed by atoms with Gasteiger partial charge in [0.2, 0.25) is 15.9 Å². The highest BCUT2D eigenvalue weighted by atomic mass is 35.5. The first-order valence-electron chi connectivity index (χ1n) is 9.40. The van der Waals surface area contributed by atoms with Crippen LogP contribution in [0.3, 0.4) is 0 Å². The predicted octanol–water partition coefficient (Wildman–Crippen LogP) is 3.77. The molecule has 0 bridgehead atoms. The van der Waals surface area contributed by atoms with Gasteiger partial charge in [-0.25, -0.2) is 8.42 Å². The zero-order chi connectivity index (χ0) is 22.8. The molecule has 0 unspecified atom stereocenters. The number of piperazine rings is 1. The molecule has 31 heavy (non-hydrogen) atoms. The van der Waals surface area contributed by atoms with Gasteiger partial charge in [-0.2, -0.15) is 0 Å². The smallest absolute Gasteiger partial charge is 0.243 e. The normalized spacial score (nSPS) is 14.5. The van der Waals surface area contributed by atoms with Crippen LogP contribution in [0.4, 0.5) is 11.4 Å².